The Bertz CT molecular complexity index is 1130. The predicted molar refractivity (Wildman–Crippen MR) is 120 cm³/mol. The summed E-state index contributed by atoms with van der Waals surface area (Å²) in [6, 6.07) is 11.9. The van der Waals surface area contributed by atoms with Crippen LogP contribution in [0.4, 0.5) is 11.8 Å². The SMILES string of the molecule is O=c1[nH]c(N2CCOCC2)nc(NC2CCC(CO)C2)c1-c1ccc2ccccc2n1. The van der Waals surface area contributed by atoms with Crippen LogP contribution in [0.3, 0.4) is 0 Å². The second-order valence-electron chi connectivity index (χ2n) is 8.30. The number of benzene rings is 1. The topological polar surface area (TPSA) is 103 Å². The zero-order valence-electron chi connectivity index (χ0n) is 17.4. The standard InChI is InChI=1S/C23H27N5O3/c29-14-15-5-7-17(13-15)24-21-20(19-8-6-16-3-1-2-4-18(16)25-19)22(30)27-23(26-21)28-9-11-31-12-10-28/h1-4,6,8,15,17,29H,5,7,9-14H2,(H2,24,26,27,30). The normalized spacial score (nSPS) is 21.5. The number of anilines is 2. The summed E-state index contributed by atoms with van der Waals surface area (Å²) in [5, 5.41) is 14.0. The van der Waals surface area contributed by atoms with Gasteiger partial charge in [-0.3, -0.25) is 9.78 Å². The first kappa shape index (κ1) is 20.0. The lowest BCUT2D eigenvalue weighted by molar-refractivity contribution is 0.122. The van der Waals surface area contributed by atoms with Gasteiger partial charge in [0.25, 0.3) is 5.56 Å². The largest absolute Gasteiger partial charge is 0.396 e. The van der Waals surface area contributed by atoms with E-state index in [2.05, 4.69) is 10.3 Å². The molecular weight excluding hydrogens is 394 g/mol. The summed E-state index contributed by atoms with van der Waals surface area (Å²) in [6.07, 6.45) is 2.77. The molecule has 2 unspecified atom stereocenters. The van der Waals surface area contributed by atoms with E-state index in [4.69, 9.17) is 14.7 Å². The van der Waals surface area contributed by atoms with Crippen LogP contribution >= 0.6 is 0 Å². The number of H-pyrrole nitrogens is 1. The van der Waals surface area contributed by atoms with Gasteiger partial charge in [0.1, 0.15) is 11.4 Å². The second kappa shape index (κ2) is 8.64. The molecule has 1 aliphatic heterocycles. The van der Waals surface area contributed by atoms with Gasteiger partial charge in [0, 0.05) is 31.1 Å². The van der Waals surface area contributed by atoms with Crippen molar-refractivity contribution >= 4 is 22.7 Å². The van der Waals surface area contributed by atoms with Crippen LogP contribution in [0.5, 0.6) is 0 Å². The molecule has 2 aliphatic rings. The number of aromatic nitrogens is 3. The van der Waals surface area contributed by atoms with Crippen molar-refractivity contribution in [1.82, 2.24) is 15.0 Å². The van der Waals surface area contributed by atoms with E-state index in [1.807, 2.05) is 41.3 Å². The average Bonchev–Trinajstić information content (AvgIpc) is 3.27. The van der Waals surface area contributed by atoms with E-state index in [0.717, 1.165) is 30.2 Å². The maximum atomic E-state index is 13.3. The Morgan fingerprint density at radius 2 is 1.97 bits per heavy atom. The van der Waals surface area contributed by atoms with Gasteiger partial charge in [-0.2, -0.15) is 4.98 Å². The molecule has 0 amide bonds. The van der Waals surface area contributed by atoms with Crippen LogP contribution in [0.2, 0.25) is 0 Å². The second-order valence-corrected chi connectivity index (χ2v) is 8.30. The summed E-state index contributed by atoms with van der Waals surface area (Å²) in [4.78, 5) is 27.8. The molecule has 2 atom stereocenters. The van der Waals surface area contributed by atoms with Crippen molar-refractivity contribution in [3.63, 3.8) is 0 Å². The van der Waals surface area contributed by atoms with Crippen LogP contribution in [-0.2, 0) is 4.74 Å². The van der Waals surface area contributed by atoms with E-state index < -0.39 is 0 Å². The van der Waals surface area contributed by atoms with Gasteiger partial charge in [0.15, 0.2) is 0 Å². The molecule has 1 saturated heterocycles. The Balaban J connectivity index is 1.57. The number of aliphatic hydroxyl groups is 1. The number of pyridine rings is 1. The van der Waals surface area contributed by atoms with Gasteiger partial charge >= 0.3 is 0 Å². The molecule has 0 bridgehead atoms. The lowest BCUT2D eigenvalue weighted by atomic mass is 10.1. The van der Waals surface area contributed by atoms with Gasteiger partial charge < -0.3 is 20.1 Å². The first-order valence-electron chi connectivity index (χ1n) is 10.9. The Labute approximate surface area is 180 Å². The van der Waals surface area contributed by atoms with Crippen LogP contribution in [0.1, 0.15) is 19.3 Å². The molecule has 1 saturated carbocycles. The monoisotopic (exact) mass is 421 g/mol. The average molecular weight is 422 g/mol. The minimum Gasteiger partial charge on any atom is -0.396 e. The van der Waals surface area contributed by atoms with Crippen LogP contribution in [-0.4, -0.2) is 59.0 Å². The first-order valence-corrected chi connectivity index (χ1v) is 10.9. The minimum absolute atomic E-state index is 0.170. The number of fused-ring (bicyclic) bond motifs is 1. The number of hydrogen-bond donors (Lipinski definition) is 3. The lowest BCUT2D eigenvalue weighted by Crippen LogP contribution is -2.38. The summed E-state index contributed by atoms with van der Waals surface area (Å²) in [5.74, 6) is 1.40. The molecule has 5 rings (SSSR count). The Kier molecular flexibility index (Phi) is 5.57. The van der Waals surface area contributed by atoms with Crippen LogP contribution in [0, 0.1) is 5.92 Å². The highest BCUT2D eigenvalue weighted by molar-refractivity contribution is 5.83. The minimum atomic E-state index is -0.210. The van der Waals surface area contributed by atoms with E-state index in [0.29, 0.717) is 55.2 Å². The van der Waals surface area contributed by atoms with Gasteiger partial charge in [-0.25, -0.2) is 4.98 Å². The molecular formula is C23H27N5O3. The number of hydrogen-bond acceptors (Lipinski definition) is 7. The van der Waals surface area contributed by atoms with E-state index >= 15 is 0 Å². The predicted octanol–water partition coefficient (Wildman–Crippen LogP) is 2.39. The van der Waals surface area contributed by atoms with E-state index in [-0.39, 0.29) is 18.2 Å². The summed E-state index contributed by atoms with van der Waals surface area (Å²) < 4.78 is 5.44. The molecule has 0 spiro atoms. The molecule has 3 N–H and O–H groups in total. The number of aliphatic hydroxyl groups excluding tert-OH is 1. The fourth-order valence-electron chi connectivity index (χ4n) is 4.50. The summed E-state index contributed by atoms with van der Waals surface area (Å²) in [5.41, 5.74) is 1.68. The molecule has 1 aromatic carbocycles. The van der Waals surface area contributed by atoms with Crippen LogP contribution in [0.15, 0.2) is 41.2 Å². The number of ether oxygens (including phenoxy) is 1. The van der Waals surface area contributed by atoms with E-state index in [1.54, 1.807) is 0 Å². The Morgan fingerprint density at radius 3 is 2.77 bits per heavy atom. The van der Waals surface area contributed by atoms with Crippen molar-refractivity contribution in [2.24, 2.45) is 5.92 Å². The van der Waals surface area contributed by atoms with Crippen molar-refractivity contribution in [2.45, 2.75) is 25.3 Å². The fourth-order valence-corrected chi connectivity index (χ4v) is 4.50. The number of aromatic amines is 1. The first-order chi connectivity index (χ1) is 15.2. The van der Waals surface area contributed by atoms with Crippen molar-refractivity contribution in [3.8, 4) is 11.3 Å². The molecule has 8 nitrogen and oxygen atoms in total. The molecule has 3 aromatic rings. The number of morpholine rings is 1. The fraction of sp³-hybridized carbons (Fsp3) is 0.435. The number of nitrogens with one attached hydrogen (secondary N) is 2. The van der Waals surface area contributed by atoms with Crippen molar-refractivity contribution < 1.29 is 9.84 Å². The van der Waals surface area contributed by atoms with Gasteiger partial charge in [-0.1, -0.05) is 24.3 Å². The van der Waals surface area contributed by atoms with Crippen molar-refractivity contribution in [1.29, 1.82) is 0 Å². The molecule has 1 aliphatic carbocycles. The molecule has 31 heavy (non-hydrogen) atoms. The third kappa shape index (κ3) is 4.13. The highest BCUT2D eigenvalue weighted by Crippen LogP contribution is 2.31. The third-order valence-electron chi connectivity index (χ3n) is 6.21. The summed E-state index contributed by atoms with van der Waals surface area (Å²) >= 11 is 0. The highest BCUT2D eigenvalue weighted by atomic mass is 16.5. The molecule has 3 heterocycles. The van der Waals surface area contributed by atoms with Gasteiger partial charge in [0.2, 0.25) is 5.95 Å². The summed E-state index contributed by atoms with van der Waals surface area (Å²) in [6.45, 7) is 2.79. The Hall–Kier alpha value is -2.97. The van der Waals surface area contributed by atoms with Crippen LogP contribution in [0.25, 0.3) is 22.2 Å². The number of nitrogens with zero attached hydrogens (tertiary/aromatic N) is 3. The zero-order chi connectivity index (χ0) is 21.2. The van der Waals surface area contributed by atoms with E-state index in [9.17, 15) is 9.90 Å². The van der Waals surface area contributed by atoms with E-state index in [1.165, 1.54) is 0 Å². The van der Waals surface area contributed by atoms with Crippen LogP contribution < -0.4 is 15.8 Å². The molecule has 2 fully saturated rings. The molecule has 8 heteroatoms. The molecule has 0 radical (unpaired) electrons. The lowest BCUT2D eigenvalue weighted by Gasteiger charge is -2.28. The molecule has 162 valence electrons. The summed E-state index contributed by atoms with van der Waals surface area (Å²) in [7, 11) is 0. The zero-order valence-corrected chi connectivity index (χ0v) is 17.4. The quantitative estimate of drug-likeness (QED) is 0.581. The number of para-hydroxylation sites is 1. The maximum absolute atomic E-state index is 13.3. The van der Waals surface area contributed by atoms with Gasteiger partial charge in [0.05, 0.1) is 24.4 Å². The van der Waals surface area contributed by atoms with Gasteiger partial charge in [-0.15, -0.1) is 0 Å². The smallest absolute Gasteiger partial charge is 0.263 e. The maximum Gasteiger partial charge on any atom is 0.263 e. The van der Waals surface area contributed by atoms with Gasteiger partial charge in [-0.05, 0) is 37.3 Å². The third-order valence-corrected chi connectivity index (χ3v) is 6.21. The molecule has 2 aromatic heterocycles. The highest BCUT2D eigenvalue weighted by Gasteiger charge is 2.27. The number of rotatable bonds is 5. The Morgan fingerprint density at radius 1 is 1.13 bits per heavy atom. The van der Waals surface area contributed by atoms with Crippen molar-refractivity contribution in [3.05, 3.63) is 46.8 Å². The van der Waals surface area contributed by atoms with Crippen molar-refractivity contribution in [2.75, 3.05) is 43.1 Å².